The lowest BCUT2D eigenvalue weighted by atomic mass is 10.0. The summed E-state index contributed by atoms with van der Waals surface area (Å²) in [5, 5.41) is 2.70. The lowest BCUT2D eigenvalue weighted by Gasteiger charge is -2.16. The summed E-state index contributed by atoms with van der Waals surface area (Å²) < 4.78 is 5.21. The first kappa shape index (κ1) is 14.2. The standard InChI is InChI=1S/C14H19N3O3/c1-10(11-3-2-4-12(15)9-11)13(18)20-8-7-17-6-5-16-14(17)19/h2-4,9-10H,5-8,15H2,1H3,(H,16,19). The molecule has 0 aliphatic carbocycles. The van der Waals surface area contributed by atoms with E-state index in [0.717, 1.165) is 5.56 Å². The minimum atomic E-state index is -0.370. The van der Waals surface area contributed by atoms with E-state index in [1.165, 1.54) is 0 Å². The second-order valence-corrected chi connectivity index (χ2v) is 4.78. The molecular weight excluding hydrogens is 258 g/mol. The maximum atomic E-state index is 11.9. The van der Waals surface area contributed by atoms with E-state index in [2.05, 4.69) is 5.32 Å². The van der Waals surface area contributed by atoms with E-state index in [0.29, 0.717) is 25.3 Å². The highest BCUT2D eigenvalue weighted by Crippen LogP contribution is 2.19. The van der Waals surface area contributed by atoms with Gasteiger partial charge < -0.3 is 20.7 Å². The number of ether oxygens (including phenoxy) is 1. The Morgan fingerprint density at radius 1 is 1.55 bits per heavy atom. The zero-order valence-electron chi connectivity index (χ0n) is 11.5. The van der Waals surface area contributed by atoms with Crippen LogP contribution in [-0.4, -0.2) is 43.1 Å². The van der Waals surface area contributed by atoms with Crippen molar-refractivity contribution in [1.29, 1.82) is 0 Å². The summed E-state index contributed by atoms with van der Waals surface area (Å²) in [6, 6.07) is 7.08. The summed E-state index contributed by atoms with van der Waals surface area (Å²) in [5.74, 6) is -0.680. The van der Waals surface area contributed by atoms with Gasteiger partial charge in [0.2, 0.25) is 0 Å². The van der Waals surface area contributed by atoms with Crippen molar-refractivity contribution in [3.8, 4) is 0 Å². The van der Waals surface area contributed by atoms with Gasteiger partial charge in [-0.25, -0.2) is 4.79 Å². The molecule has 0 spiro atoms. The molecule has 1 aliphatic heterocycles. The number of carbonyl (C=O) groups is 2. The van der Waals surface area contributed by atoms with Crippen molar-refractivity contribution in [2.24, 2.45) is 0 Å². The fourth-order valence-corrected chi connectivity index (χ4v) is 2.07. The molecule has 1 atom stereocenters. The average Bonchev–Trinajstić information content (AvgIpc) is 2.83. The summed E-state index contributed by atoms with van der Waals surface area (Å²) in [6.45, 7) is 3.70. The second-order valence-electron chi connectivity index (χ2n) is 4.78. The van der Waals surface area contributed by atoms with Crippen molar-refractivity contribution in [2.75, 3.05) is 32.0 Å². The summed E-state index contributed by atoms with van der Waals surface area (Å²) in [5.41, 5.74) is 7.14. The van der Waals surface area contributed by atoms with Crippen LogP contribution in [0.4, 0.5) is 10.5 Å². The fraction of sp³-hybridized carbons (Fsp3) is 0.429. The molecular formula is C14H19N3O3. The number of anilines is 1. The number of amides is 2. The Balaban J connectivity index is 1.81. The predicted octanol–water partition coefficient (Wildman–Crippen LogP) is 0.941. The van der Waals surface area contributed by atoms with Crippen LogP contribution in [0.5, 0.6) is 0 Å². The van der Waals surface area contributed by atoms with E-state index in [1.54, 1.807) is 24.0 Å². The fourth-order valence-electron chi connectivity index (χ4n) is 2.07. The Morgan fingerprint density at radius 2 is 2.35 bits per heavy atom. The Bertz CT molecular complexity index is 504. The number of hydrogen-bond donors (Lipinski definition) is 2. The first-order chi connectivity index (χ1) is 9.58. The van der Waals surface area contributed by atoms with Crippen molar-refractivity contribution in [1.82, 2.24) is 10.2 Å². The third-order valence-electron chi connectivity index (χ3n) is 3.31. The SMILES string of the molecule is CC(C(=O)OCCN1CCNC1=O)c1cccc(N)c1. The Kier molecular flexibility index (Phi) is 4.45. The molecule has 1 saturated heterocycles. The topological polar surface area (TPSA) is 84.7 Å². The van der Waals surface area contributed by atoms with Gasteiger partial charge in [-0.3, -0.25) is 4.79 Å². The minimum Gasteiger partial charge on any atom is -0.463 e. The van der Waals surface area contributed by atoms with Crippen molar-refractivity contribution >= 4 is 17.7 Å². The van der Waals surface area contributed by atoms with Crippen LogP contribution in [0.2, 0.25) is 0 Å². The molecule has 0 bridgehead atoms. The van der Waals surface area contributed by atoms with E-state index < -0.39 is 0 Å². The molecule has 108 valence electrons. The number of nitrogen functional groups attached to an aromatic ring is 1. The number of nitrogens with one attached hydrogen (secondary N) is 1. The van der Waals surface area contributed by atoms with Crippen LogP contribution in [-0.2, 0) is 9.53 Å². The molecule has 6 nitrogen and oxygen atoms in total. The van der Waals surface area contributed by atoms with Crippen LogP contribution in [0.15, 0.2) is 24.3 Å². The van der Waals surface area contributed by atoms with E-state index >= 15 is 0 Å². The number of urea groups is 1. The number of rotatable bonds is 5. The lowest BCUT2D eigenvalue weighted by molar-refractivity contribution is -0.145. The summed E-state index contributed by atoms with van der Waals surface area (Å²) in [6.07, 6.45) is 0. The lowest BCUT2D eigenvalue weighted by Crippen LogP contribution is -2.32. The number of carbonyl (C=O) groups excluding carboxylic acids is 2. The smallest absolute Gasteiger partial charge is 0.317 e. The monoisotopic (exact) mass is 277 g/mol. The minimum absolute atomic E-state index is 0.107. The van der Waals surface area contributed by atoms with Crippen LogP contribution >= 0.6 is 0 Å². The van der Waals surface area contributed by atoms with Crippen molar-refractivity contribution in [2.45, 2.75) is 12.8 Å². The highest BCUT2D eigenvalue weighted by Gasteiger charge is 2.21. The summed E-state index contributed by atoms with van der Waals surface area (Å²) >= 11 is 0. The largest absolute Gasteiger partial charge is 0.463 e. The molecule has 0 aromatic heterocycles. The van der Waals surface area contributed by atoms with Gasteiger partial charge in [0.15, 0.2) is 0 Å². The molecule has 3 N–H and O–H groups in total. The van der Waals surface area contributed by atoms with Crippen LogP contribution in [0, 0.1) is 0 Å². The quantitative estimate of drug-likeness (QED) is 0.619. The van der Waals surface area contributed by atoms with Gasteiger partial charge in [-0.1, -0.05) is 12.1 Å². The van der Waals surface area contributed by atoms with Crippen LogP contribution < -0.4 is 11.1 Å². The van der Waals surface area contributed by atoms with Crippen LogP contribution in [0.1, 0.15) is 18.4 Å². The van der Waals surface area contributed by atoms with E-state index in [-0.39, 0.29) is 24.5 Å². The second kappa shape index (κ2) is 6.27. The van der Waals surface area contributed by atoms with E-state index in [4.69, 9.17) is 10.5 Å². The van der Waals surface area contributed by atoms with Gasteiger partial charge in [-0.2, -0.15) is 0 Å². The molecule has 2 amide bonds. The zero-order chi connectivity index (χ0) is 14.5. The molecule has 1 unspecified atom stereocenters. The molecule has 1 fully saturated rings. The van der Waals surface area contributed by atoms with Crippen molar-refractivity contribution in [3.05, 3.63) is 29.8 Å². The van der Waals surface area contributed by atoms with Crippen LogP contribution in [0.3, 0.4) is 0 Å². The zero-order valence-corrected chi connectivity index (χ0v) is 11.5. The van der Waals surface area contributed by atoms with E-state index in [1.807, 2.05) is 12.1 Å². The first-order valence-corrected chi connectivity index (χ1v) is 6.63. The molecule has 0 saturated carbocycles. The van der Waals surface area contributed by atoms with E-state index in [9.17, 15) is 9.59 Å². The third-order valence-corrected chi connectivity index (χ3v) is 3.31. The van der Waals surface area contributed by atoms with Gasteiger partial charge in [0, 0.05) is 18.8 Å². The summed E-state index contributed by atoms with van der Waals surface area (Å²) in [4.78, 5) is 24.9. The van der Waals surface area contributed by atoms with Gasteiger partial charge >= 0.3 is 12.0 Å². The van der Waals surface area contributed by atoms with Crippen molar-refractivity contribution < 1.29 is 14.3 Å². The highest BCUT2D eigenvalue weighted by atomic mass is 16.5. The molecule has 20 heavy (non-hydrogen) atoms. The number of benzene rings is 1. The normalized spacial score (nSPS) is 15.8. The number of esters is 1. The Labute approximate surface area is 117 Å². The molecule has 1 aromatic rings. The van der Waals surface area contributed by atoms with Gasteiger partial charge in [0.05, 0.1) is 12.5 Å². The first-order valence-electron chi connectivity index (χ1n) is 6.63. The molecule has 6 heteroatoms. The third kappa shape index (κ3) is 3.40. The van der Waals surface area contributed by atoms with Gasteiger partial charge in [0.1, 0.15) is 6.61 Å². The molecule has 0 radical (unpaired) electrons. The van der Waals surface area contributed by atoms with Gasteiger partial charge in [-0.05, 0) is 24.6 Å². The molecule has 1 heterocycles. The maximum Gasteiger partial charge on any atom is 0.317 e. The predicted molar refractivity (Wildman–Crippen MR) is 75.2 cm³/mol. The highest BCUT2D eigenvalue weighted by molar-refractivity contribution is 5.78. The number of nitrogens with zero attached hydrogens (tertiary/aromatic N) is 1. The Morgan fingerprint density at radius 3 is 3.00 bits per heavy atom. The average molecular weight is 277 g/mol. The van der Waals surface area contributed by atoms with Crippen molar-refractivity contribution in [3.63, 3.8) is 0 Å². The molecule has 1 aromatic carbocycles. The van der Waals surface area contributed by atoms with Crippen LogP contribution in [0.25, 0.3) is 0 Å². The Hall–Kier alpha value is -2.24. The molecule has 1 aliphatic rings. The van der Waals surface area contributed by atoms with Gasteiger partial charge in [0.25, 0.3) is 0 Å². The maximum absolute atomic E-state index is 11.9. The number of nitrogens with two attached hydrogens (primary N) is 1. The molecule has 2 rings (SSSR count). The summed E-state index contributed by atoms with van der Waals surface area (Å²) in [7, 11) is 0. The number of hydrogen-bond acceptors (Lipinski definition) is 4. The van der Waals surface area contributed by atoms with Gasteiger partial charge in [-0.15, -0.1) is 0 Å².